The number of nitrogens with zero attached hydrogens (tertiary/aromatic N) is 2. The molecule has 0 aliphatic carbocycles. The number of nitrogens with two attached hydrogens (primary N) is 1. The summed E-state index contributed by atoms with van der Waals surface area (Å²) in [6.07, 6.45) is 1.51. The van der Waals surface area contributed by atoms with Gasteiger partial charge in [-0.15, -0.1) is 0 Å². The van der Waals surface area contributed by atoms with Gasteiger partial charge in [0.2, 0.25) is 11.6 Å². The molecule has 0 aromatic carbocycles. The highest BCUT2D eigenvalue weighted by Crippen LogP contribution is 2.19. The van der Waals surface area contributed by atoms with Crippen LogP contribution in [0.2, 0.25) is 5.02 Å². The third-order valence-corrected chi connectivity index (χ3v) is 1.83. The van der Waals surface area contributed by atoms with E-state index in [1.54, 1.807) is 13.0 Å². The van der Waals surface area contributed by atoms with E-state index in [-0.39, 0.29) is 6.04 Å². The minimum absolute atomic E-state index is 0.229. The molecular formula is C8H8ClN3O. The number of hydrogen-bond acceptors (Lipinski definition) is 4. The molecule has 2 heterocycles. The van der Waals surface area contributed by atoms with Gasteiger partial charge in [-0.1, -0.05) is 11.6 Å². The summed E-state index contributed by atoms with van der Waals surface area (Å²) in [7, 11) is 0. The summed E-state index contributed by atoms with van der Waals surface area (Å²) >= 11 is 5.73. The Labute approximate surface area is 79.7 Å². The molecule has 2 aromatic rings. The lowest BCUT2D eigenvalue weighted by atomic mass is 10.4. The summed E-state index contributed by atoms with van der Waals surface area (Å²) in [5.74, 6) is 0.477. The molecule has 13 heavy (non-hydrogen) atoms. The first-order chi connectivity index (χ1) is 6.16. The smallest absolute Gasteiger partial charge is 0.247 e. The zero-order chi connectivity index (χ0) is 9.42. The Morgan fingerprint density at radius 1 is 1.62 bits per heavy atom. The minimum Gasteiger partial charge on any atom is -0.421 e. The summed E-state index contributed by atoms with van der Waals surface area (Å²) in [4.78, 5) is 8.10. The molecule has 2 N–H and O–H groups in total. The molecular weight excluding hydrogens is 190 g/mol. The SMILES string of the molecule is CC(N)c1nc2cc(Cl)cnc2o1. The first-order valence-electron chi connectivity index (χ1n) is 3.84. The Kier molecular flexibility index (Phi) is 1.94. The molecule has 0 bridgehead atoms. The van der Waals surface area contributed by atoms with E-state index in [0.29, 0.717) is 22.1 Å². The molecule has 0 amide bonds. The van der Waals surface area contributed by atoms with Crippen LogP contribution in [0.5, 0.6) is 0 Å². The molecule has 2 rings (SSSR count). The number of fused-ring (bicyclic) bond motifs is 1. The predicted octanol–water partition coefficient (Wildman–Crippen LogP) is 1.90. The highest BCUT2D eigenvalue weighted by atomic mass is 35.5. The second-order valence-electron chi connectivity index (χ2n) is 2.82. The highest BCUT2D eigenvalue weighted by molar-refractivity contribution is 6.30. The molecule has 68 valence electrons. The van der Waals surface area contributed by atoms with Crippen molar-refractivity contribution in [1.82, 2.24) is 9.97 Å². The summed E-state index contributed by atoms with van der Waals surface area (Å²) in [6.45, 7) is 1.80. The van der Waals surface area contributed by atoms with E-state index in [9.17, 15) is 0 Å². The van der Waals surface area contributed by atoms with E-state index in [0.717, 1.165) is 0 Å². The Hall–Kier alpha value is -1.13. The highest BCUT2D eigenvalue weighted by Gasteiger charge is 2.10. The van der Waals surface area contributed by atoms with Crippen molar-refractivity contribution < 1.29 is 4.42 Å². The average molecular weight is 198 g/mol. The molecule has 5 heteroatoms. The normalized spacial score (nSPS) is 13.5. The van der Waals surface area contributed by atoms with Crippen LogP contribution in [0.4, 0.5) is 0 Å². The minimum atomic E-state index is -0.229. The van der Waals surface area contributed by atoms with Crippen LogP contribution in [-0.4, -0.2) is 9.97 Å². The van der Waals surface area contributed by atoms with Crippen molar-refractivity contribution in [2.24, 2.45) is 5.73 Å². The van der Waals surface area contributed by atoms with E-state index in [1.165, 1.54) is 6.20 Å². The third-order valence-electron chi connectivity index (χ3n) is 1.62. The second-order valence-corrected chi connectivity index (χ2v) is 3.26. The lowest BCUT2D eigenvalue weighted by Gasteiger charge is -1.93. The van der Waals surface area contributed by atoms with E-state index in [4.69, 9.17) is 21.8 Å². The molecule has 0 aliphatic rings. The van der Waals surface area contributed by atoms with E-state index in [2.05, 4.69) is 9.97 Å². The van der Waals surface area contributed by atoms with Crippen LogP contribution < -0.4 is 5.73 Å². The number of aromatic nitrogens is 2. The van der Waals surface area contributed by atoms with Crippen molar-refractivity contribution in [3.05, 3.63) is 23.2 Å². The molecule has 0 aliphatic heterocycles. The number of rotatable bonds is 1. The molecule has 2 aromatic heterocycles. The van der Waals surface area contributed by atoms with E-state index in [1.807, 2.05) is 0 Å². The Bertz CT molecular complexity index is 438. The molecule has 0 saturated carbocycles. The molecule has 1 atom stereocenters. The van der Waals surface area contributed by atoms with Gasteiger partial charge in [-0.05, 0) is 13.0 Å². The third kappa shape index (κ3) is 1.50. The van der Waals surface area contributed by atoms with E-state index >= 15 is 0 Å². The molecule has 0 fully saturated rings. The van der Waals surface area contributed by atoms with Gasteiger partial charge in [0.05, 0.1) is 11.1 Å². The van der Waals surface area contributed by atoms with Crippen LogP contribution in [0, 0.1) is 0 Å². The first kappa shape index (κ1) is 8.47. The van der Waals surface area contributed by atoms with Crippen molar-refractivity contribution in [3.63, 3.8) is 0 Å². The second kappa shape index (κ2) is 2.97. The number of oxazole rings is 1. The maximum absolute atomic E-state index is 5.73. The van der Waals surface area contributed by atoms with Crippen molar-refractivity contribution >= 4 is 22.8 Å². The van der Waals surface area contributed by atoms with Crippen LogP contribution in [0.3, 0.4) is 0 Å². The van der Waals surface area contributed by atoms with Gasteiger partial charge in [0, 0.05) is 6.20 Å². The summed E-state index contributed by atoms with van der Waals surface area (Å²) in [5, 5.41) is 0.539. The van der Waals surface area contributed by atoms with Gasteiger partial charge in [0.15, 0.2) is 0 Å². The zero-order valence-corrected chi connectivity index (χ0v) is 7.75. The van der Waals surface area contributed by atoms with Crippen LogP contribution in [0.1, 0.15) is 18.9 Å². The Morgan fingerprint density at radius 3 is 3.08 bits per heavy atom. The first-order valence-corrected chi connectivity index (χ1v) is 4.22. The Balaban J connectivity index is 2.62. The van der Waals surface area contributed by atoms with E-state index < -0.39 is 0 Å². The maximum atomic E-state index is 5.73. The largest absolute Gasteiger partial charge is 0.421 e. The monoisotopic (exact) mass is 197 g/mol. The van der Waals surface area contributed by atoms with Gasteiger partial charge < -0.3 is 10.2 Å². The van der Waals surface area contributed by atoms with Crippen LogP contribution >= 0.6 is 11.6 Å². The maximum Gasteiger partial charge on any atom is 0.247 e. The van der Waals surface area contributed by atoms with Gasteiger partial charge >= 0.3 is 0 Å². The molecule has 4 nitrogen and oxygen atoms in total. The van der Waals surface area contributed by atoms with Crippen LogP contribution in [0.25, 0.3) is 11.2 Å². The van der Waals surface area contributed by atoms with Gasteiger partial charge in [0.25, 0.3) is 0 Å². The molecule has 0 spiro atoms. The fourth-order valence-electron chi connectivity index (χ4n) is 1.01. The van der Waals surface area contributed by atoms with Gasteiger partial charge in [0.1, 0.15) is 5.52 Å². The van der Waals surface area contributed by atoms with Crippen molar-refractivity contribution in [1.29, 1.82) is 0 Å². The topological polar surface area (TPSA) is 64.9 Å². The molecule has 0 radical (unpaired) electrons. The number of hydrogen-bond donors (Lipinski definition) is 1. The Morgan fingerprint density at radius 2 is 2.38 bits per heavy atom. The number of pyridine rings is 1. The summed E-state index contributed by atoms with van der Waals surface area (Å²) in [5.41, 5.74) is 6.71. The fraction of sp³-hybridized carbons (Fsp3) is 0.250. The fourth-order valence-corrected chi connectivity index (χ4v) is 1.16. The van der Waals surface area contributed by atoms with Gasteiger partial charge in [-0.25, -0.2) is 9.97 Å². The van der Waals surface area contributed by atoms with Crippen molar-refractivity contribution in [2.75, 3.05) is 0 Å². The lowest BCUT2D eigenvalue weighted by Crippen LogP contribution is -2.04. The zero-order valence-electron chi connectivity index (χ0n) is 6.99. The van der Waals surface area contributed by atoms with Gasteiger partial charge in [-0.2, -0.15) is 0 Å². The standard InChI is InChI=1S/C8H8ClN3O/c1-4(10)7-12-6-2-5(9)3-11-8(6)13-7/h2-4H,10H2,1H3. The predicted molar refractivity (Wildman–Crippen MR) is 49.4 cm³/mol. The number of halogens is 1. The van der Waals surface area contributed by atoms with Crippen LogP contribution in [0.15, 0.2) is 16.7 Å². The molecule has 1 unspecified atom stereocenters. The average Bonchev–Trinajstić information content (AvgIpc) is 2.46. The van der Waals surface area contributed by atoms with Crippen molar-refractivity contribution in [3.8, 4) is 0 Å². The quantitative estimate of drug-likeness (QED) is 0.758. The van der Waals surface area contributed by atoms with Crippen LogP contribution in [-0.2, 0) is 0 Å². The summed E-state index contributed by atoms with van der Waals surface area (Å²) in [6, 6.07) is 1.46. The van der Waals surface area contributed by atoms with Gasteiger partial charge in [-0.3, -0.25) is 0 Å². The molecule has 0 saturated heterocycles. The summed E-state index contributed by atoms with van der Waals surface area (Å²) < 4.78 is 5.28. The lowest BCUT2D eigenvalue weighted by molar-refractivity contribution is 0.486. The van der Waals surface area contributed by atoms with Crippen molar-refractivity contribution in [2.45, 2.75) is 13.0 Å².